The summed E-state index contributed by atoms with van der Waals surface area (Å²) in [4.78, 5) is 16.8. The molecule has 1 aliphatic carbocycles. The van der Waals surface area contributed by atoms with Crippen molar-refractivity contribution < 1.29 is 4.79 Å². The van der Waals surface area contributed by atoms with E-state index in [1.54, 1.807) is 6.20 Å². The summed E-state index contributed by atoms with van der Waals surface area (Å²) >= 11 is 0. The number of fused-ring (bicyclic) bond motifs is 1. The second-order valence-corrected chi connectivity index (χ2v) is 5.09. The Balaban J connectivity index is 1.91. The number of hydrogen-bond acceptors (Lipinski definition) is 2. The van der Waals surface area contributed by atoms with Crippen molar-refractivity contribution in [3.63, 3.8) is 0 Å². The number of aromatic nitrogens is 1. The van der Waals surface area contributed by atoms with E-state index in [1.807, 2.05) is 30.3 Å². The number of carbonyl (C=O) groups is 1. The van der Waals surface area contributed by atoms with Gasteiger partial charge in [-0.3, -0.25) is 9.78 Å². The molecule has 1 aromatic heterocycles. The van der Waals surface area contributed by atoms with Crippen molar-refractivity contribution in [2.45, 2.75) is 32.1 Å². The van der Waals surface area contributed by atoms with Crippen LogP contribution in [0.5, 0.6) is 0 Å². The van der Waals surface area contributed by atoms with E-state index in [0.717, 1.165) is 29.3 Å². The molecule has 96 valence electrons. The Morgan fingerprint density at radius 3 is 2.89 bits per heavy atom. The maximum absolute atomic E-state index is 12.4. The number of nitrogens with zero attached hydrogens (tertiary/aromatic N) is 1. The lowest BCUT2D eigenvalue weighted by Gasteiger charge is -2.12. The third-order valence-corrected chi connectivity index (χ3v) is 3.71. The summed E-state index contributed by atoms with van der Waals surface area (Å²) in [7, 11) is 0. The lowest BCUT2D eigenvalue weighted by Crippen LogP contribution is -2.04. The zero-order valence-corrected chi connectivity index (χ0v) is 10.9. The Bertz CT molecular complexity index is 637. The van der Waals surface area contributed by atoms with E-state index in [0.29, 0.717) is 6.42 Å². The molecule has 0 amide bonds. The predicted molar refractivity (Wildman–Crippen MR) is 77.2 cm³/mol. The van der Waals surface area contributed by atoms with Crippen LogP contribution in [0.1, 0.15) is 42.5 Å². The molecule has 0 spiro atoms. The molecule has 0 atom stereocenters. The molecule has 2 heteroatoms. The van der Waals surface area contributed by atoms with Gasteiger partial charge in [0.05, 0.1) is 5.52 Å². The molecule has 2 aromatic rings. The van der Waals surface area contributed by atoms with Crippen molar-refractivity contribution in [2.24, 2.45) is 0 Å². The van der Waals surface area contributed by atoms with E-state index in [2.05, 4.69) is 11.1 Å². The highest BCUT2D eigenvalue weighted by Crippen LogP contribution is 2.24. The standard InChI is InChI=1S/C17H17NO/c19-16(12-13-6-2-1-3-7-13)15-10-4-8-14-9-5-11-18-17(14)15/h4-6,8-11H,1-3,7,12H2. The van der Waals surface area contributed by atoms with E-state index in [4.69, 9.17) is 0 Å². The van der Waals surface area contributed by atoms with Crippen LogP contribution in [0.25, 0.3) is 10.9 Å². The fraction of sp³-hybridized carbons (Fsp3) is 0.294. The summed E-state index contributed by atoms with van der Waals surface area (Å²) in [5.41, 5.74) is 2.88. The van der Waals surface area contributed by atoms with Crippen molar-refractivity contribution in [2.75, 3.05) is 0 Å². The largest absolute Gasteiger partial charge is 0.294 e. The highest BCUT2D eigenvalue weighted by Gasteiger charge is 2.14. The molecule has 0 unspecified atom stereocenters. The van der Waals surface area contributed by atoms with Gasteiger partial charge in [-0.2, -0.15) is 0 Å². The number of Topliss-reactive ketones (excluding diaryl/α,β-unsaturated/α-hetero) is 1. The number of rotatable bonds is 3. The van der Waals surface area contributed by atoms with Crippen LogP contribution in [0.4, 0.5) is 0 Å². The Kier molecular flexibility index (Phi) is 3.41. The average molecular weight is 251 g/mol. The van der Waals surface area contributed by atoms with Crippen molar-refractivity contribution in [1.82, 2.24) is 4.98 Å². The van der Waals surface area contributed by atoms with Crippen LogP contribution >= 0.6 is 0 Å². The minimum atomic E-state index is 0.192. The molecule has 0 radical (unpaired) electrons. The second kappa shape index (κ2) is 5.35. The fourth-order valence-corrected chi connectivity index (χ4v) is 2.70. The first-order valence-corrected chi connectivity index (χ1v) is 6.89. The van der Waals surface area contributed by atoms with Gasteiger partial charge >= 0.3 is 0 Å². The molecule has 1 aliphatic rings. The summed E-state index contributed by atoms with van der Waals surface area (Å²) in [5.74, 6) is 0.192. The topological polar surface area (TPSA) is 30.0 Å². The van der Waals surface area contributed by atoms with Gasteiger partial charge in [0.2, 0.25) is 0 Å². The number of hydrogen-bond donors (Lipinski definition) is 0. The zero-order chi connectivity index (χ0) is 13.1. The van der Waals surface area contributed by atoms with E-state index >= 15 is 0 Å². The number of benzene rings is 1. The van der Waals surface area contributed by atoms with Gasteiger partial charge in [-0.1, -0.05) is 29.8 Å². The Labute approximate surface area is 113 Å². The third-order valence-electron chi connectivity index (χ3n) is 3.71. The predicted octanol–water partition coefficient (Wildman–Crippen LogP) is 4.31. The van der Waals surface area contributed by atoms with Gasteiger partial charge in [-0.05, 0) is 37.8 Å². The molecule has 2 nitrogen and oxygen atoms in total. The van der Waals surface area contributed by atoms with Crippen LogP contribution < -0.4 is 0 Å². The maximum Gasteiger partial charge on any atom is 0.169 e. The number of carbonyl (C=O) groups excluding carboxylic acids is 1. The highest BCUT2D eigenvalue weighted by molar-refractivity contribution is 6.07. The Morgan fingerprint density at radius 2 is 2.05 bits per heavy atom. The first-order chi connectivity index (χ1) is 9.34. The summed E-state index contributed by atoms with van der Waals surface area (Å²) in [5, 5.41) is 1.03. The van der Waals surface area contributed by atoms with Crippen LogP contribution in [-0.2, 0) is 0 Å². The molecule has 0 saturated heterocycles. The van der Waals surface area contributed by atoms with Crippen LogP contribution in [0.2, 0.25) is 0 Å². The second-order valence-electron chi connectivity index (χ2n) is 5.09. The highest BCUT2D eigenvalue weighted by atomic mass is 16.1. The maximum atomic E-state index is 12.4. The van der Waals surface area contributed by atoms with Crippen LogP contribution in [0, 0.1) is 0 Å². The summed E-state index contributed by atoms with van der Waals surface area (Å²) in [6.45, 7) is 0. The van der Waals surface area contributed by atoms with Crippen LogP contribution in [0.15, 0.2) is 48.2 Å². The van der Waals surface area contributed by atoms with Gasteiger partial charge < -0.3 is 0 Å². The SMILES string of the molecule is O=C(CC1=CCCCC1)c1cccc2cccnc12. The number of ketones is 1. The van der Waals surface area contributed by atoms with Gasteiger partial charge in [0.15, 0.2) is 5.78 Å². The molecule has 3 rings (SSSR count). The van der Waals surface area contributed by atoms with Gasteiger partial charge in [0, 0.05) is 23.6 Å². The van der Waals surface area contributed by atoms with E-state index < -0.39 is 0 Å². The number of pyridine rings is 1. The molecule has 0 fully saturated rings. The van der Waals surface area contributed by atoms with Crippen molar-refractivity contribution in [1.29, 1.82) is 0 Å². The van der Waals surface area contributed by atoms with Gasteiger partial charge in [0.25, 0.3) is 0 Å². The Morgan fingerprint density at radius 1 is 1.16 bits per heavy atom. The first-order valence-electron chi connectivity index (χ1n) is 6.89. The first kappa shape index (κ1) is 12.1. The quantitative estimate of drug-likeness (QED) is 0.601. The molecule has 0 saturated carbocycles. The van der Waals surface area contributed by atoms with Gasteiger partial charge in [-0.15, -0.1) is 0 Å². The molecule has 1 heterocycles. The fourth-order valence-electron chi connectivity index (χ4n) is 2.70. The molecule has 0 bridgehead atoms. The summed E-state index contributed by atoms with van der Waals surface area (Å²) in [6, 6.07) is 9.73. The van der Waals surface area contributed by atoms with Gasteiger partial charge in [0.1, 0.15) is 0 Å². The third kappa shape index (κ3) is 2.58. The number of para-hydroxylation sites is 1. The zero-order valence-electron chi connectivity index (χ0n) is 10.9. The van der Waals surface area contributed by atoms with Crippen LogP contribution in [0.3, 0.4) is 0 Å². The molecule has 19 heavy (non-hydrogen) atoms. The number of allylic oxidation sites excluding steroid dienone is 2. The smallest absolute Gasteiger partial charge is 0.169 e. The average Bonchev–Trinajstić information content (AvgIpc) is 2.47. The minimum Gasteiger partial charge on any atom is -0.294 e. The monoisotopic (exact) mass is 251 g/mol. The Hall–Kier alpha value is -1.96. The van der Waals surface area contributed by atoms with E-state index in [9.17, 15) is 4.79 Å². The summed E-state index contributed by atoms with van der Waals surface area (Å²) in [6.07, 6.45) is 9.20. The molecule has 0 aliphatic heterocycles. The molecular weight excluding hydrogens is 234 g/mol. The van der Waals surface area contributed by atoms with Crippen molar-refractivity contribution in [3.8, 4) is 0 Å². The normalized spacial score (nSPS) is 15.3. The lowest BCUT2D eigenvalue weighted by molar-refractivity contribution is 0.0993. The van der Waals surface area contributed by atoms with Gasteiger partial charge in [-0.25, -0.2) is 0 Å². The van der Waals surface area contributed by atoms with E-state index in [1.165, 1.54) is 18.4 Å². The molecule has 0 N–H and O–H groups in total. The van der Waals surface area contributed by atoms with E-state index in [-0.39, 0.29) is 5.78 Å². The minimum absolute atomic E-state index is 0.192. The molecular formula is C17H17NO. The lowest BCUT2D eigenvalue weighted by atomic mass is 9.93. The molecule has 1 aromatic carbocycles. The summed E-state index contributed by atoms with van der Waals surface area (Å²) < 4.78 is 0. The van der Waals surface area contributed by atoms with Crippen LogP contribution in [-0.4, -0.2) is 10.8 Å². The van der Waals surface area contributed by atoms with Crippen molar-refractivity contribution >= 4 is 16.7 Å². The van der Waals surface area contributed by atoms with Crippen molar-refractivity contribution in [3.05, 3.63) is 53.7 Å².